The summed E-state index contributed by atoms with van der Waals surface area (Å²) in [6.45, 7) is 1.62. The van der Waals surface area contributed by atoms with E-state index in [9.17, 15) is 25.4 Å². The first-order valence-corrected chi connectivity index (χ1v) is 7.32. The summed E-state index contributed by atoms with van der Waals surface area (Å²) >= 11 is 5.78. The van der Waals surface area contributed by atoms with Crippen LogP contribution in [0.4, 0.5) is 5.69 Å². The van der Waals surface area contributed by atoms with Crippen molar-refractivity contribution in [2.75, 3.05) is 0 Å². The summed E-state index contributed by atoms with van der Waals surface area (Å²) < 4.78 is 0. The summed E-state index contributed by atoms with van der Waals surface area (Å²) in [5.41, 5.74) is -0.119. The SMILES string of the molecule is C[C@@H](N=Cc1cc(Cl)cc([N+](=O)[O-])c1[O-])[C@@H](O)c1ccc(O)cc1. The Morgan fingerprint density at radius 1 is 1.29 bits per heavy atom. The summed E-state index contributed by atoms with van der Waals surface area (Å²) in [5, 5.41) is 42.3. The highest BCUT2D eigenvalue weighted by Crippen LogP contribution is 2.30. The van der Waals surface area contributed by atoms with Crippen molar-refractivity contribution >= 4 is 23.5 Å². The average Bonchev–Trinajstić information content (AvgIpc) is 2.54. The number of rotatable bonds is 5. The molecule has 0 radical (unpaired) electrons. The van der Waals surface area contributed by atoms with Gasteiger partial charge in [0, 0.05) is 17.3 Å². The lowest BCUT2D eigenvalue weighted by Gasteiger charge is -2.16. The smallest absolute Gasteiger partial charge is 0.263 e. The Labute approximate surface area is 142 Å². The maximum atomic E-state index is 12.0. The average molecular weight is 350 g/mol. The second-order valence-electron chi connectivity index (χ2n) is 5.16. The van der Waals surface area contributed by atoms with E-state index in [4.69, 9.17) is 11.6 Å². The Morgan fingerprint density at radius 2 is 1.92 bits per heavy atom. The number of hydrogen-bond acceptors (Lipinski definition) is 6. The minimum atomic E-state index is -0.967. The van der Waals surface area contributed by atoms with Crippen LogP contribution in [-0.2, 0) is 0 Å². The second kappa shape index (κ2) is 7.29. The van der Waals surface area contributed by atoms with Gasteiger partial charge >= 0.3 is 0 Å². The summed E-state index contributed by atoms with van der Waals surface area (Å²) in [6, 6.07) is 7.61. The molecule has 0 aromatic heterocycles. The van der Waals surface area contributed by atoms with Crippen LogP contribution in [0, 0.1) is 10.1 Å². The number of nitro groups is 1. The largest absolute Gasteiger partial charge is 0.867 e. The number of nitrogens with zero attached hydrogens (tertiary/aromatic N) is 2. The molecule has 0 amide bonds. The maximum Gasteiger partial charge on any atom is 0.263 e. The first-order valence-electron chi connectivity index (χ1n) is 6.94. The van der Waals surface area contributed by atoms with Gasteiger partial charge in [-0.1, -0.05) is 23.7 Å². The molecular formula is C16H14ClN2O5-. The van der Waals surface area contributed by atoms with Gasteiger partial charge in [-0.15, -0.1) is 0 Å². The first kappa shape index (κ1) is 17.7. The zero-order valence-corrected chi connectivity index (χ0v) is 13.3. The van der Waals surface area contributed by atoms with E-state index in [1.54, 1.807) is 19.1 Å². The number of halogens is 1. The number of benzene rings is 2. The molecule has 0 heterocycles. The molecule has 2 N–H and O–H groups in total. The van der Waals surface area contributed by atoms with E-state index in [0.717, 1.165) is 12.3 Å². The third-order valence-corrected chi connectivity index (χ3v) is 3.62. The minimum Gasteiger partial charge on any atom is -0.867 e. The lowest BCUT2D eigenvalue weighted by atomic mass is 10.0. The summed E-state index contributed by atoms with van der Waals surface area (Å²) in [7, 11) is 0. The van der Waals surface area contributed by atoms with E-state index in [0.29, 0.717) is 5.56 Å². The fourth-order valence-corrected chi connectivity index (χ4v) is 2.28. The van der Waals surface area contributed by atoms with Gasteiger partial charge in [-0.3, -0.25) is 15.1 Å². The maximum absolute atomic E-state index is 12.0. The van der Waals surface area contributed by atoms with Crippen molar-refractivity contribution in [1.82, 2.24) is 0 Å². The minimum absolute atomic E-state index is 0.0287. The van der Waals surface area contributed by atoms with Crippen LogP contribution in [-0.4, -0.2) is 27.4 Å². The van der Waals surface area contributed by atoms with E-state index >= 15 is 0 Å². The highest BCUT2D eigenvalue weighted by atomic mass is 35.5. The molecule has 0 aliphatic carbocycles. The first-order chi connectivity index (χ1) is 11.3. The molecule has 0 spiro atoms. The Morgan fingerprint density at radius 3 is 2.50 bits per heavy atom. The fraction of sp³-hybridized carbons (Fsp3) is 0.188. The van der Waals surface area contributed by atoms with Crippen molar-refractivity contribution in [2.45, 2.75) is 19.1 Å². The number of aliphatic hydroxyl groups excluding tert-OH is 1. The third kappa shape index (κ3) is 4.01. The molecule has 0 saturated heterocycles. The van der Waals surface area contributed by atoms with Crippen LogP contribution in [0.3, 0.4) is 0 Å². The van der Waals surface area contributed by atoms with Crippen LogP contribution >= 0.6 is 11.6 Å². The van der Waals surface area contributed by atoms with Gasteiger partial charge in [0.15, 0.2) is 0 Å². The number of phenols is 1. The van der Waals surface area contributed by atoms with E-state index in [2.05, 4.69) is 4.99 Å². The van der Waals surface area contributed by atoms with Crippen molar-refractivity contribution in [3.8, 4) is 11.5 Å². The topological polar surface area (TPSA) is 119 Å². The van der Waals surface area contributed by atoms with Crippen LogP contribution in [0.15, 0.2) is 41.4 Å². The molecule has 2 atom stereocenters. The van der Waals surface area contributed by atoms with Gasteiger partial charge < -0.3 is 15.3 Å². The second-order valence-corrected chi connectivity index (χ2v) is 5.59. The lowest BCUT2D eigenvalue weighted by molar-refractivity contribution is -0.398. The molecule has 8 heteroatoms. The summed E-state index contributed by atoms with van der Waals surface area (Å²) in [6.07, 6.45) is 0.196. The predicted octanol–water partition coefficient (Wildman–Crippen LogP) is 2.57. The molecule has 0 aliphatic heterocycles. The zero-order chi connectivity index (χ0) is 17.9. The predicted molar refractivity (Wildman–Crippen MR) is 87.7 cm³/mol. The molecule has 7 nitrogen and oxygen atoms in total. The Balaban J connectivity index is 2.24. The van der Waals surface area contributed by atoms with Gasteiger partial charge in [0.1, 0.15) is 11.9 Å². The van der Waals surface area contributed by atoms with E-state index < -0.39 is 28.5 Å². The Kier molecular flexibility index (Phi) is 5.38. The monoisotopic (exact) mass is 349 g/mol. The molecule has 0 bridgehead atoms. The number of aromatic hydroxyl groups is 1. The molecule has 126 valence electrons. The van der Waals surface area contributed by atoms with Crippen molar-refractivity contribution in [1.29, 1.82) is 0 Å². The number of hydrogen-bond donors (Lipinski definition) is 2. The summed E-state index contributed by atoms with van der Waals surface area (Å²) in [5.74, 6) is -0.719. The van der Waals surface area contributed by atoms with Crippen molar-refractivity contribution in [3.63, 3.8) is 0 Å². The van der Waals surface area contributed by atoms with Crippen LogP contribution in [0.1, 0.15) is 24.2 Å². The van der Waals surface area contributed by atoms with Gasteiger partial charge in [-0.05, 0) is 42.0 Å². The van der Waals surface area contributed by atoms with Crippen LogP contribution in [0.5, 0.6) is 11.5 Å². The van der Waals surface area contributed by atoms with Gasteiger partial charge in [0.05, 0.1) is 11.0 Å². The molecule has 0 unspecified atom stereocenters. The molecule has 0 saturated carbocycles. The Hall–Kier alpha value is -2.64. The van der Waals surface area contributed by atoms with E-state index in [1.807, 2.05) is 0 Å². The normalized spacial score (nSPS) is 13.8. The number of aliphatic hydroxyl groups is 1. The molecule has 2 aromatic rings. The van der Waals surface area contributed by atoms with Crippen molar-refractivity contribution in [3.05, 3.63) is 62.7 Å². The van der Waals surface area contributed by atoms with E-state index in [-0.39, 0.29) is 16.3 Å². The molecule has 24 heavy (non-hydrogen) atoms. The van der Waals surface area contributed by atoms with Gasteiger partial charge in [0.2, 0.25) is 0 Å². The molecule has 2 aromatic carbocycles. The molecular weight excluding hydrogens is 336 g/mol. The molecule has 2 rings (SSSR count). The van der Waals surface area contributed by atoms with E-state index in [1.165, 1.54) is 18.2 Å². The third-order valence-electron chi connectivity index (χ3n) is 3.40. The van der Waals surface area contributed by atoms with Crippen LogP contribution in [0.25, 0.3) is 0 Å². The van der Waals surface area contributed by atoms with Crippen molar-refractivity contribution in [2.24, 2.45) is 4.99 Å². The molecule has 0 fully saturated rings. The fourth-order valence-electron chi connectivity index (χ4n) is 2.06. The standard InChI is InChI=1S/C16H15ClN2O5/c1-9(15(21)10-2-4-13(20)5-3-10)18-8-11-6-12(17)7-14(16(11)22)19(23)24/h2-9,15,20-22H,1H3/p-1/t9-,15-/m1/s1. The van der Waals surface area contributed by atoms with Crippen LogP contribution in [0.2, 0.25) is 5.02 Å². The van der Waals surface area contributed by atoms with Crippen LogP contribution < -0.4 is 5.11 Å². The lowest BCUT2D eigenvalue weighted by Crippen LogP contribution is -2.13. The number of aliphatic imine (C=N–C) groups is 1. The highest BCUT2D eigenvalue weighted by Gasteiger charge is 2.16. The Bertz CT molecular complexity index is 777. The number of phenolic OH excluding ortho intramolecular Hbond substituents is 1. The number of nitro benzene ring substituents is 1. The van der Waals surface area contributed by atoms with Gasteiger partial charge in [-0.25, -0.2) is 0 Å². The van der Waals surface area contributed by atoms with Crippen molar-refractivity contribution < 1.29 is 20.2 Å². The quantitative estimate of drug-likeness (QED) is 0.488. The van der Waals surface area contributed by atoms with Gasteiger partial charge in [0.25, 0.3) is 5.69 Å². The highest BCUT2D eigenvalue weighted by molar-refractivity contribution is 6.31. The summed E-state index contributed by atoms with van der Waals surface area (Å²) in [4.78, 5) is 14.1. The molecule has 0 aliphatic rings. The zero-order valence-electron chi connectivity index (χ0n) is 12.6. The van der Waals surface area contributed by atoms with Gasteiger partial charge in [-0.2, -0.15) is 0 Å².